The van der Waals surface area contributed by atoms with E-state index in [0.717, 1.165) is 6.20 Å². The van der Waals surface area contributed by atoms with Crippen LogP contribution in [0.15, 0.2) is 22.0 Å². The van der Waals surface area contributed by atoms with Gasteiger partial charge in [0.05, 0.1) is 6.20 Å². The zero-order valence-corrected chi connectivity index (χ0v) is 9.87. The highest BCUT2D eigenvalue weighted by atomic mass is 35.5. The number of hydrogen-bond donors (Lipinski definition) is 0. The molecule has 0 aromatic carbocycles. The van der Waals surface area contributed by atoms with Gasteiger partial charge in [-0.3, -0.25) is 0 Å². The second-order valence-corrected chi connectivity index (χ2v) is 6.25. The molecule has 1 atom stereocenters. The van der Waals surface area contributed by atoms with E-state index in [4.69, 9.17) is 11.6 Å². The van der Waals surface area contributed by atoms with E-state index < -0.39 is 22.4 Å². The van der Waals surface area contributed by atoms with Crippen molar-refractivity contribution in [2.75, 3.05) is 0 Å². The number of alkyl halides is 3. The van der Waals surface area contributed by atoms with Crippen molar-refractivity contribution >= 4 is 32.8 Å². The van der Waals surface area contributed by atoms with Crippen LogP contribution in [0, 0.1) is 0 Å². The lowest BCUT2D eigenvalue weighted by molar-refractivity contribution is 0.0751. The maximum absolute atomic E-state index is 12.4. The summed E-state index contributed by atoms with van der Waals surface area (Å²) in [7, 11) is -4.00. The Morgan fingerprint density at radius 3 is 2.50 bits per heavy atom. The Hall–Kier alpha value is -0.600. The van der Waals surface area contributed by atoms with E-state index in [0.29, 0.717) is 16.7 Å². The minimum atomic E-state index is -4.00. The van der Waals surface area contributed by atoms with Gasteiger partial charge in [-0.05, 0) is 6.08 Å². The van der Waals surface area contributed by atoms with Crippen LogP contribution in [0.4, 0.5) is 13.2 Å². The average molecular weight is 292 g/mol. The van der Waals surface area contributed by atoms with E-state index in [9.17, 15) is 21.6 Å². The van der Waals surface area contributed by atoms with Crippen LogP contribution in [0.5, 0.6) is 0 Å². The molecule has 0 aliphatic carbocycles. The first-order chi connectivity index (χ1) is 7.33. The fourth-order valence-corrected chi connectivity index (χ4v) is 3.05. The second-order valence-electron chi connectivity index (χ2n) is 2.58. The van der Waals surface area contributed by atoms with E-state index >= 15 is 0 Å². The summed E-state index contributed by atoms with van der Waals surface area (Å²) in [5.41, 5.74) is 0. The molecule has 9 heteroatoms. The lowest BCUT2D eigenvalue weighted by Gasteiger charge is -1.98. The Kier molecular flexibility index (Phi) is 4.34. The zero-order chi connectivity index (χ0) is 12.3. The normalized spacial score (nSPS) is 14.8. The van der Waals surface area contributed by atoms with Crippen LogP contribution in [0.2, 0.25) is 4.34 Å². The van der Waals surface area contributed by atoms with Crippen LogP contribution >= 0.6 is 22.9 Å². The molecule has 0 bridgehead atoms. The standard InChI is InChI=1S/C7H5ClF3NO2S2/c8-5-3-12-7(15-5)16(13,14)2-1-4(9)6(10)11/h1-4,6H. The summed E-state index contributed by atoms with van der Waals surface area (Å²) in [6, 6.07) is 0. The van der Waals surface area contributed by atoms with Crippen molar-refractivity contribution in [3.05, 3.63) is 22.0 Å². The highest BCUT2D eigenvalue weighted by Gasteiger charge is 2.19. The van der Waals surface area contributed by atoms with Gasteiger partial charge in [0.25, 0.3) is 6.43 Å². The minimum Gasteiger partial charge on any atom is -0.237 e. The Bertz CT molecular complexity index is 486. The van der Waals surface area contributed by atoms with Crippen LogP contribution in [-0.2, 0) is 9.84 Å². The van der Waals surface area contributed by atoms with Crippen molar-refractivity contribution in [2.24, 2.45) is 0 Å². The molecule has 0 saturated heterocycles. The van der Waals surface area contributed by atoms with Crippen LogP contribution in [-0.4, -0.2) is 26.0 Å². The molecule has 3 nitrogen and oxygen atoms in total. The number of thiazole rings is 1. The summed E-state index contributed by atoms with van der Waals surface area (Å²) in [4.78, 5) is 3.45. The molecular weight excluding hydrogens is 287 g/mol. The minimum absolute atomic E-state index is 0.137. The Labute approximate surface area is 98.5 Å². The molecule has 1 heterocycles. The lowest BCUT2D eigenvalue weighted by atomic mass is 10.4. The van der Waals surface area contributed by atoms with Crippen molar-refractivity contribution in [1.82, 2.24) is 4.98 Å². The third-order valence-corrected chi connectivity index (χ3v) is 4.35. The van der Waals surface area contributed by atoms with E-state index in [1.807, 2.05) is 0 Å². The number of hydrogen-bond acceptors (Lipinski definition) is 4. The Morgan fingerprint density at radius 1 is 1.44 bits per heavy atom. The van der Waals surface area contributed by atoms with E-state index in [1.165, 1.54) is 0 Å². The third-order valence-electron chi connectivity index (χ3n) is 1.38. The van der Waals surface area contributed by atoms with E-state index in [2.05, 4.69) is 4.98 Å². The highest BCUT2D eigenvalue weighted by molar-refractivity contribution is 7.96. The quantitative estimate of drug-likeness (QED) is 0.857. The summed E-state index contributed by atoms with van der Waals surface area (Å²) >= 11 is 6.11. The summed E-state index contributed by atoms with van der Waals surface area (Å²) in [5, 5.41) is 0.360. The van der Waals surface area contributed by atoms with Crippen LogP contribution in [0.1, 0.15) is 0 Å². The molecule has 90 valence electrons. The molecule has 0 aliphatic rings. The van der Waals surface area contributed by atoms with Crippen LogP contribution in [0.25, 0.3) is 0 Å². The maximum Gasteiger partial charge on any atom is 0.272 e. The van der Waals surface area contributed by atoms with Crippen molar-refractivity contribution < 1.29 is 21.6 Å². The van der Waals surface area contributed by atoms with Gasteiger partial charge in [0.15, 0.2) is 6.17 Å². The van der Waals surface area contributed by atoms with Gasteiger partial charge in [-0.25, -0.2) is 26.6 Å². The van der Waals surface area contributed by atoms with E-state index in [1.54, 1.807) is 0 Å². The molecule has 0 fully saturated rings. The van der Waals surface area contributed by atoms with Gasteiger partial charge < -0.3 is 0 Å². The molecule has 16 heavy (non-hydrogen) atoms. The Morgan fingerprint density at radius 2 is 2.06 bits per heavy atom. The first-order valence-electron chi connectivity index (χ1n) is 3.80. The van der Waals surface area contributed by atoms with Gasteiger partial charge in [0, 0.05) is 5.41 Å². The molecule has 1 aromatic rings. The number of aromatic nitrogens is 1. The fourth-order valence-electron chi connectivity index (χ4n) is 0.692. The molecule has 0 aliphatic heterocycles. The van der Waals surface area contributed by atoms with Crippen molar-refractivity contribution in [3.63, 3.8) is 0 Å². The molecule has 0 saturated carbocycles. The number of sulfone groups is 1. The molecule has 1 unspecified atom stereocenters. The SMILES string of the molecule is O=S(=O)(C=CC(F)C(F)F)c1ncc(Cl)s1. The zero-order valence-electron chi connectivity index (χ0n) is 7.48. The van der Waals surface area contributed by atoms with Gasteiger partial charge in [-0.15, -0.1) is 0 Å². The summed E-state index contributed by atoms with van der Waals surface area (Å²) in [5.74, 6) is 0. The first kappa shape index (κ1) is 13.5. The summed E-state index contributed by atoms with van der Waals surface area (Å²) < 4.78 is 58.4. The third kappa shape index (κ3) is 3.46. The monoisotopic (exact) mass is 291 g/mol. The lowest BCUT2D eigenvalue weighted by Crippen LogP contribution is -2.09. The molecule has 1 rings (SSSR count). The van der Waals surface area contributed by atoms with Gasteiger partial charge in [0.1, 0.15) is 4.34 Å². The predicted molar refractivity (Wildman–Crippen MR) is 54.3 cm³/mol. The van der Waals surface area contributed by atoms with Crippen molar-refractivity contribution in [3.8, 4) is 0 Å². The van der Waals surface area contributed by atoms with Gasteiger partial charge in [0.2, 0.25) is 14.2 Å². The molecule has 0 spiro atoms. The largest absolute Gasteiger partial charge is 0.272 e. The molecule has 0 radical (unpaired) electrons. The number of allylic oxidation sites excluding steroid dienone is 1. The second kappa shape index (κ2) is 5.15. The highest BCUT2D eigenvalue weighted by Crippen LogP contribution is 2.24. The number of rotatable bonds is 4. The van der Waals surface area contributed by atoms with Gasteiger partial charge >= 0.3 is 0 Å². The maximum atomic E-state index is 12.4. The van der Waals surface area contributed by atoms with Gasteiger partial charge in [-0.2, -0.15) is 0 Å². The van der Waals surface area contributed by atoms with E-state index in [-0.39, 0.29) is 14.8 Å². The van der Waals surface area contributed by atoms with Crippen LogP contribution < -0.4 is 0 Å². The number of nitrogens with zero attached hydrogens (tertiary/aromatic N) is 1. The smallest absolute Gasteiger partial charge is 0.237 e. The topological polar surface area (TPSA) is 47.0 Å². The first-order valence-corrected chi connectivity index (χ1v) is 6.54. The van der Waals surface area contributed by atoms with Crippen LogP contribution in [0.3, 0.4) is 0 Å². The summed E-state index contributed by atoms with van der Waals surface area (Å²) in [6.45, 7) is 0. The predicted octanol–water partition coefficient (Wildman–Crippen LogP) is 2.69. The molecule has 0 amide bonds. The summed E-state index contributed by atoms with van der Waals surface area (Å²) in [6.07, 6.45) is -4.50. The molecule has 1 aromatic heterocycles. The Balaban J connectivity index is 2.88. The number of halogens is 4. The van der Waals surface area contributed by atoms with Crippen molar-refractivity contribution in [2.45, 2.75) is 16.9 Å². The van der Waals surface area contributed by atoms with Gasteiger partial charge in [-0.1, -0.05) is 22.9 Å². The average Bonchev–Trinajstić information content (AvgIpc) is 2.61. The molecular formula is C7H5ClF3NO2S2. The van der Waals surface area contributed by atoms with Crippen molar-refractivity contribution in [1.29, 1.82) is 0 Å². The fraction of sp³-hybridized carbons (Fsp3) is 0.286. The molecule has 0 N–H and O–H groups in total.